The molecular formula is C15H14F3N3O3. The van der Waals surface area contributed by atoms with Crippen molar-refractivity contribution < 1.29 is 27.9 Å². The highest BCUT2D eigenvalue weighted by molar-refractivity contribution is 5.95. The predicted octanol–water partition coefficient (Wildman–Crippen LogP) is 2.71. The van der Waals surface area contributed by atoms with Crippen LogP contribution in [0.1, 0.15) is 39.9 Å². The van der Waals surface area contributed by atoms with Gasteiger partial charge in [-0.2, -0.15) is 18.3 Å². The van der Waals surface area contributed by atoms with E-state index in [4.69, 9.17) is 5.11 Å². The highest BCUT2D eigenvalue weighted by Gasteiger charge is 2.41. The van der Waals surface area contributed by atoms with Gasteiger partial charge in [-0.15, -0.1) is 0 Å². The molecule has 0 aliphatic rings. The van der Waals surface area contributed by atoms with Gasteiger partial charge in [-0.3, -0.25) is 9.89 Å². The summed E-state index contributed by atoms with van der Waals surface area (Å²) in [5, 5.41) is 16.7. The number of carboxylic acids is 1. The van der Waals surface area contributed by atoms with Gasteiger partial charge in [0, 0.05) is 6.07 Å². The van der Waals surface area contributed by atoms with Crippen molar-refractivity contribution in [3.05, 3.63) is 53.3 Å². The number of H-pyrrole nitrogens is 1. The number of amides is 1. The Morgan fingerprint density at radius 2 is 1.88 bits per heavy atom. The molecule has 0 bridgehead atoms. The first kappa shape index (κ1) is 17.5. The van der Waals surface area contributed by atoms with Gasteiger partial charge < -0.3 is 10.4 Å². The van der Waals surface area contributed by atoms with Crippen molar-refractivity contribution in [2.75, 3.05) is 0 Å². The molecule has 24 heavy (non-hydrogen) atoms. The molecule has 1 unspecified atom stereocenters. The highest BCUT2D eigenvalue weighted by Crippen LogP contribution is 2.34. The number of hydrogen-bond donors (Lipinski definition) is 3. The fraction of sp³-hybridized carbons (Fsp3) is 0.267. The van der Waals surface area contributed by atoms with E-state index < -0.39 is 30.0 Å². The number of aromatic carboxylic acids is 1. The topological polar surface area (TPSA) is 95.1 Å². The molecule has 0 fully saturated rings. The number of carboxylic acid groups (broad SMARTS) is 1. The van der Waals surface area contributed by atoms with Crippen molar-refractivity contribution in [1.82, 2.24) is 15.5 Å². The van der Waals surface area contributed by atoms with Gasteiger partial charge >= 0.3 is 12.1 Å². The van der Waals surface area contributed by atoms with E-state index in [1.54, 1.807) is 18.2 Å². The second kappa shape index (κ2) is 6.34. The number of carbonyl (C=O) groups is 2. The first-order valence-electron chi connectivity index (χ1n) is 6.84. The van der Waals surface area contributed by atoms with Gasteiger partial charge in [0.2, 0.25) is 0 Å². The number of nitrogens with one attached hydrogen (secondary N) is 2. The van der Waals surface area contributed by atoms with Gasteiger partial charge in [-0.25, -0.2) is 4.79 Å². The van der Waals surface area contributed by atoms with Gasteiger partial charge in [0.1, 0.15) is 5.69 Å². The van der Waals surface area contributed by atoms with Gasteiger partial charge in [0.25, 0.3) is 5.91 Å². The number of aromatic amines is 1. The third kappa shape index (κ3) is 4.12. The van der Waals surface area contributed by atoms with Crippen LogP contribution in [0.4, 0.5) is 13.2 Å². The molecule has 0 saturated carbocycles. The van der Waals surface area contributed by atoms with Gasteiger partial charge in [-0.05, 0) is 12.5 Å². The van der Waals surface area contributed by atoms with Crippen LogP contribution >= 0.6 is 0 Å². The summed E-state index contributed by atoms with van der Waals surface area (Å²) in [4.78, 5) is 23.0. The van der Waals surface area contributed by atoms with E-state index >= 15 is 0 Å². The van der Waals surface area contributed by atoms with Crippen molar-refractivity contribution in [2.45, 2.75) is 25.1 Å². The average molecular weight is 341 g/mol. The Morgan fingerprint density at radius 1 is 1.25 bits per heavy atom. The Balaban J connectivity index is 2.31. The van der Waals surface area contributed by atoms with Crippen molar-refractivity contribution in [2.24, 2.45) is 0 Å². The largest absolute Gasteiger partial charge is 0.477 e. The Kier molecular flexibility index (Phi) is 4.63. The van der Waals surface area contributed by atoms with E-state index in [1.165, 1.54) is 19.1 Å². The summed E-state index contributed by atoms with van der Waals surface area (Å²) in [6.45, 7) is 1.25. The van der Waals surface area contributed by atoms with E-state index in [2.05, 4.69) is 15.5 Å². The number of hydrogen-bond acceptors (Lipinski definition) is 3. The van der Waals surface area contributed by atoms with Crippen LogP contribution in [-0.2, 0) is 5.54 Å². The minimum Gasteiger partial charge on any atom is -0.477 e. The Bertz CT molecular complexity index is 743. The third-order valence-electron chi connectivity index (χ3n) is 3.40. The summed E-state index contributed by atoms with van der Waals surface area (Å²) in [5.41, 5.74) is -2.10. The molecule has 2 aromatic rings. The molecule has 0 saturated heterocycles. The van der Waals surface area contributed by atoms with Crippen LogP contribution in [0, 0.1) is 0 Å². The molecule has 1 amide bonds. The Morgan fingerprint density at radius 3 is 2.38 bits per heavy atom. The molecule has 0 spiro atoms. The van der Waals surface area contributed by atoms with E-state index in [9.17, 15) is 22.8 Å². The molecule has 0 radical (unpaired) electrons. The van der Waals surface area contributed by atoms with Crippen LogP contribution in [0.2, 0.25) is 0 Å². The molecule has 1 heterocycles. The number of rotatable bonds is 5. The molecular weight excluding hydrogens is 327 g/mol. The number of carbonyl (C=O) groups excluding carboxylic acids is 1. The van der Waals surface area contributed by atoms with E-state index in [1.807, 2.05) is 0 Å². The molecule has 128 valence electrons. The molecule has 6 nitrogen and oxygen atoms in total. The second-order valence-electron chi connectivity index (χ2n) is 5.42. The maximum absolute atomic E-state index is 12.9. The summed E-state index contributed by atoms with van der Waals surface area (Å²) >= 11 is 0. The number of benzene rings is 1. The smallest absolute Gasteiger partial charge is 0.391 e. The number of aromatic nitrogens is 2. The Labute approximate surface area is 134 Å². The molecule has 9 heteroatoms. The molecule has 3 N–H and O–H groups in total. The van der Waals surface area contributed by atoms with Crippen molar-refractivity contribution in [1.29, 1.82) is 0 Å². The van der Waals surface area contributed by atoms with E-state index in [-0.39, 0.29) is 17.0 Å². The van der Waals surface area contributed by atoms with Crippen LogP contribution in [0.25, 0.3) is 0 Å². The van der Waals surface area contributed by atoms with Crippen LogP contribution in [0.15, 0.2) is 36.4 Å². The molecule has 0 aliphatic carbocycles. The molecule has 1 atom stereocenters. The zero-order chi connectivity index (χ0) is 18.0. The molecule has 1 aromatic carbocycles. The fourth-order valence-corrected chi connectivity index (χ4v) is 2.29. The van der Waals surface area contributed by atoms with Crippen molar-refractivity contribution in [3.8, 4) is 0 Å². The fourth-order valence-electron chi connectivity index (χ4n) is 2.29. The summed E-state index contributed by atoms with van der Waals surface area (Å²) in [5.74, 6) is -2.24. The third-order valence-corrected chi connectivity index (χ3v) is 3.40. The Hall–Kier alpha value is -2.84. The molecule has 0 aliphatic heterocycles. The summed E-state index contributed by atoms with van der Waals surface area (Å²) < 4.78 is 38.8. The lowest BCUT2D eigenvalue weighted by molar-refractivity contribution is -0.148. The minimum absolute atomic E-state index is 0.268. The predicted molar refractivity (Wildman–Crippen MR) is 77.5 cm³/mol. The first-order chi connectivity index (χ1) is 11.1. The maximum Gasteiger partial charge on any atom is 0.391 e. The van der Waals surface area contributed by atoms with Crippen LogP contribution in [0.3, 0.4) is 0 Å². The number of alkyl halides is 3. The second-order valence-corrected chi connectivity index (χ2v) is 5.42. The lowest BCUT2D eigenvalue weighted by Gasteiger charge is -2.32. The van der Waals surface area contributed by atoms with Crippen LogP contribution < -0.4 is 5.32 Å². The summed E-state index contributed by atoms with van der Waals surface area (Å²) in [7, 11) is 0. The van der Waals surface area contributed by atoms with Crippen LogP contribution in [0.5, 0.6) is 0 Å². The molecule has 2 rings (SSSR count). The van der Waals surface area contributed by atoms with Crippen molar-refractivity contribution in [3.63, 3.8) is 0 Å². The lowest BCUT2D eigenvalue weighted by atomic mass is 9.88. The zero-order valence-electron chi connectivity index (χ0n) is 12.5. The SMILES string of the molecule is CC(CC(F)(F)F)(NC(=O)c1cc(C(=O)O)[nH]n1)c1ccccc1. The highest BCUT2D eigenvalue weighted by atomic mass is 19.4. The van der Waals surface area contributed by atoms with Gasteiger partial charge in [0.05, 0.1) is 12.0 Å². The summed E-state index contributed by atoms with van der Waals surface area (Å²) in [6, 6.07) is 8.67. The minimum atomic E-state index is -4.52. The van der Waals surface area contributed by atoms with E-state index in [0.717, 1.165) is 6.07 Å². The first-order valence-corrected chi connectivity index (χ1v) is 6.84. The molecule has 1 aromatic heterocycles. The van der Waals surface area contributed by atoms with Crippen LogP contribution in [-0.4, -0.2) is 33.4 Å². The quantitative estimate of drug-likeness (QED) is 0.779. The standard InChI is InChI=1S/C15H14F3N3O3/c1-14(8-15(16,17)18,9-5-3-2-4-6-9)19-12(22)10-7-11(13(23)24)21-20-10/h2-7H,8H2,1H3,(H,19,22)(H,20,21)(H,23,24). The van der Waals surface area contributed by atoms with Gasteiger partial charge in [-0.1, -0.05) is 30.3 Å². The van der Waals surface area contributed by atoms with E-state index in [0.29, 0.717) is 0 Å². The number of halogens is 3. The number of nitrogens with zero attached hydrogens (tertiary/aromatic N) is 1. The maximum atomic E-state index is 12.9. The lowest BCUT2D eigenvalue weighted by Crippen LogP contribution is -2.46. The zero-order valence-corrected chi connectivity index (χ0v) is 12.5. The van der Waals surface area contributed by atoms with Crippen molar-refractivity contribution >= 4 is 11.9 Å². The van der Waals surface area contributed by atoms with Gasteiger partial charge in [0.15, 0.2) is 5.69 Å². The monoisotopic (exact) mass is 341 g/mol. The normalized spacial score (nSPS) is 14.0. The summed E-state index contributed by atoms with van der Waals surface area (Å²) in [6.07, 6.45) is -5.80. The average Bonchev–Trinajstić information content (AvgIpc) is 2.96.